The first kappa shape index (κ1) is 16.9. The summed E-state index contributed by atoms with van der Waals surface area (Å²) in [6.45, 7) is 0. The number of fused-ring (bicyclic) bond motifs is 1. The fourth-order valence-electron chi connectivity index (χ4n) is 2.63. The van der Waals surface area contributed by atoms with Crippen LogP contribution in [0.1, 0.15) is 5.56 Å². The van der Waals surface area contributed by atoms with Crippen LogP contribution in [-0.4, -0.2) is 18.8 Å². The molecule has 0 aliphatic rings. The lowest BCUT2D eigenvalue weighted by atomic mass is 10.1. The lowest BCUT2D eigenvalue weighted by Crippen LogP contribution is -2.19. The predicted octanol–water partition coefficient (Wildman–Crippen LogP) is 4.03. The Morgan fingerprint density at radius 1 is 1.00 bits per heavy atom. The Balaban J connectivity index is 2.26. The Morgan fingerprint density at radius 2 is 1.76 bits per heavy atom. The van der Waals surface area contributed by atoms with Gasteiger partial charge in [-0.25, -0.2) is 0 Å². The molecule has 0 fully saturated rings. The highest BCUT2D eigenvalue weighted by Crippen LogP contribution is 2.31. The molecule has 0 atom stereocenters. The molecule has 0 spiro atoms. The van der Waals surface area contributed by atoms with Crippen LogP contribution in [0.4, 0.5) is 13.2 Å². The van der Waals surface area contributed by atoms with E-state index in [-0.39, 0.29) is 11.1 Å². The van der Waals surface area contributed by atoms with E-state index in [0.717, 1.165) is 16.7 Å². The Morgan fingerprint density at radius 3 is 2.40 bits per heavy atom. The molecule has 1 aromatic heterocycles. The molecule has 4 nitrogen and oxygen atoms in total. The number of ether oxygens (including phenoxy) is 2. The highest BCUT2D eigenvalue weighted by molar-refractivity contribution is 5.89. The summed E-state index contributed by atoms with van der Waals surface area (Å²) in [6, 6.07) is 9.45. The summed E-state index contributed by atoms with van der Waals surface area (Å²) in [5, 5.41) is 0.840. The van der Waals surface area contributed by atoms with Crippen LogP contribution in [0.15, 0.2) is 53.5 Å². The summed E-state index contributed by atoms with van der Waals surface area (Å²) in [7, 11) is 2.90. The molecule has 0 saturated heterocycles. The SMILES string of the molecule is COc1cc(OC)c2c(=O)n(-c3cccc(C(F)(F)F)c3)ccc2c1. The molecule has 0 saturated carbocycles. The van der Waals surface area contributed by atoms with Gasteiger partial charge in [-0.05, 0) is 35.7 Å². The summed E-state index contributed by atoms with van der Waals surface area (Å²) in [5.41, 5.74) is -1.17. The Hall–Kier alpha value is -2.96. The van der Waals surface area contributed by atoms with Crippen LogP contribution >= 0.6 is 0 Å². The van der Waals surface area contributed by atoms with Crippen LogP contribution in [0.2, 0.25) is 0 Å². The number of hydrogen-bond acceptors (Lipinski definition) is 3. The van der Waals surface area contributed by atoms with Crippen molar-refractivity contribution >= 4 is 10.8 Å². The fourth-order valence-corrected chi connectivity index (χ4v) is 2.63. The van der Waals surface area contributed by atoms with Crippen molar-refractivity contribution in [1.82, 2.24) is 4.57 Å². The smallest absolute Gasteiger partial charge is 0.416 e. The first-order valence-electron chi connectivity index (χ1n) is 7.30. The summed E-state index contributed by atoms with van der Waals surface area (Å²) >= 11 is 0. The van der Waals surface area contributed by atoms with E-state index in [1.54, 1.807) is 18.2 Å². The molecular formula is C18H14F3NO3. The molecule has 0 unspecified atom stereocenters. The predicted molar refractivity (Wildman–Crippen MR) is 87.7 cm³/mol. The number of aromatic nitrogens is 1. The van der Waals surface area contributed by atoms with Gasteiger partial charge in [0.2, 0.25) is 0 Å². The van der Waals surface area contributed by atoms with Crippen molar-refractivity contribution in [1.29, 1.82) is 0 Å². The molecule has 2 aromatic carbocycles. The third-order valence-corrected chi connectivity index (χ3v) is 3.85. The molecule has 0 aliphatic heterocycles. The van der Waals surface area contributed by atoms with Crippen molar-refractivity contribution in [2.45, 2.75) is 6.18 Å². The lowest BCUT2D eigenvalue weighted by Gasteiger charge is -2.13. The average molecular weight is 349 g/mol. The number of halogens is 3. The van der Waals surface area contributed by atoms with Gasteiger partial charge in [0.25, 0.3) is 5.56 Å². The number of methoxy groups -OCH3 is 2. The van der Waals surface area contributed by atoms with E-state index in [9.17, 15) is 18.0 Å². The molecule has 0 bridgehead atoms. The molecular weight excluding hydrogens is 335 g/mol. The molecule has 0 amide bonds. The molecule has 7 heteroatoms. The minimum absolute atomic E-state index is 0.125. The first-order chi connectivity index (χ1) is 11.8. The van der Waals surface area contributed by atoms with Gasteiger partial charge in [-0.3, -0.25) is 9.36 Å². The summed E-state index contributed by atoms with van der Waals surface area (Å²) in [4.78, 5) is 12.8. The zero-order chi connectivity index (χ0) is 18.2. The van der Waals surface area contributed by atoms with E-state index in [1.807, 2.05) is 0 Å². The van der Waals surface area contributed by atoms with Crippen LogP contribution in [0, 0.1) is 0 Å². The van der Waals surface area contributed by atoms with Crippen LogP contribution in [0.5, 0.6) is 11.5 Å². The van der Waals surface area contributed by atoms with E-state index in [2.05, 4.69) is 0 Å². The Kier molecular flexibility index (Phi) is 4.16. The molecule has 1 heterocycles. The van der Waals surface area contributed by atoms with Crippen molar-refractivity contribution in [3.8, 4) is 17.2 Å². The van der Waals surface area contributed by atoms with Crippen LogP contribution < -0.4 is 15.0 Å². The van der Waals surface area contributed by atoms with E-state index >= 15 is 0 Å². The number of hydrogen-bond donors (Lipinski definition) is 0. The van der Waals surface area contributed by atoms with E-state index in [4.69, 9.17) is 9.47 Å². The Labute approximate surface area is 141 Å². The second-order valence-electron chi connectivity index (χ2n) is 5.33. The molecule has 3 aromatic rings. The number of benzene rings is 2. The van der Waals surface area contributed by atoms with Gasteiger partial charge in [0.15, 0.2) is 0 Å². The average Bonchev–Trinajstić information content (AvgIpc) is 2.60. The number of rotatable bonds is 3. The second kappa shape index (κ2) is 6.16. The van der Waals surface area contributed by atoms with Crippen molar-refractivity contribution in [3.05, 3.63) is 64.6 Å². The van der Waals surface area contributed by atoms with Gasteiger partial charge < -0.3 is 9.47 Å². The van der Waals surface area contributed by atoms with Gasteiger partial charge in [-0.15, -0.1) is 0 Å². The minimum Gasteiger partial charge on any atom is -0.497 e. The molecule has 3 rings (SSSR count). The zero-order valence-corrected chi connectivity index (χ0v) is 13.4. The van der Waals surface area contributed by atoms with E-state index in [0.29, 0.717) is 16.9 Å². The highest BCUT2D eigenvalue weighted by Gasteiger charge is 2.30. The molecule has 0 N–H and O–H groups in total. The van der Waals surface area contributed by atoms with Gasteiger partial charge in [-0.1, -0.05) is 6.07 Å². The van der Waals surface area contributed by atoms with Gasteiger partial charge in [0.05, 0.1) is 25.2 Å². The summed E-state index contributed by atoms with van der Waals surface area (Å²) in [5.74, 6) is 0.807. The van der Waals surface area contributed by atoms with Crippen LogP contribution in [0.25, 0.3) is 16.5 Å². The van der Waals surface area contributed by atoms with Crippen molar-refractivity contribution in [2.75, 3.05) is 14.2 Å². The largest absolute Gasteiger partial charge is 0.497 e. The zero-order valence-electron chi connectivity index (χ0n) is 13.4. The highest BCUT2D eigenvalue weighted by atomic mass is 19.4. The molecule has 130 valence electrons. The molecule has 25 heavy (non-hydrogen) atoms. The molecule has 0 aliphatic carbocycles. The Bertz CT molecular complexity index is 993. The summed E-state index contributed by atoms with van der Waals surface area (Å²) in [6.07, 6.45) is -3.06. The summed E-state index contributed by atoms with van der Waals surface area (Å²) < 4.78 is 50.3. The normalized spacial score (nSPS) is 11.6. The topological polar surface area (TPSA) is 40.5 Å². The third kappa shape index (κ3) is 3.05. The monoisotopic (exact) mass is 349 g/mol. The maximum absolute atomic E-state index is 12.9. The van der Waals surface area contributed by atoms with Gasteiger partial charge in [0, 0.05) is 18.0 Å². The van der Waals surface area contributed by atoms with Crippen molar-refractivity contribution in [3.63, 3.8) is 0 Å². The van der Waals surface area contributed by atoms with Crippen molar-refractivity contribution < 1.29 is 22.6 Å². The number of nitrogens with zero attached hydrogens (tertiary/aromatic N) is 1. The maximum Gasteiger partial charge on any atom is 0.416 e. The maximum atomic E-state index is 12.9. The lowest BCUT2D eigenvalue weighted by molar-refractivity contribution is -0.137. The standard InChI is InChI=1S/C18H14F3NO3/c1-24-14-8-11-6-7-22(17(23)16(11)15(10-14)25-2)13-5-3-4-12(9-13)18(19,20)21/h3-10H,1-2H3. The van der Waals surface area contributed by atoms with Gasteiger partial charge >= 0.3 is 6.18 Å². The third-order valence-electron chi connectivity index (χ3n) is 3.85. The van der Waals surface area contributed by atoms with Gasteiger partial charge in [0.1, 0.15) is 11.5 Å². The van der Waals surface area contributed by atoms with Crippen molar-refractivity contribution in [2.24, 2.45) is 0 Å². The fraction of sp³-hybridized carbons (Fsp3) is 0.167. The molecule has 0 radical (unpaired) electrons. The first-order valence-corrected chi connectivity index (χ1v) is 7.30. The van der Waals surface area contributed by atoms with E-state index in [1.165, 1.54) is 32.5 Å². The quantitative estimate of drug-likeness (QED) is 0.717. The van der Waals surface area contributed by atoms with Gasteiger partial charge in [-0.2, -0.15) is 13.2 Å². The second-order valence-corrected chi connectivity index (χ2v) is 5.33. The van der Waals surface area contributed by atoms with E-state index < -0.39 is 17.3 Å². The number of alkyl halides is 3. The van der Waals surface area contributed by atoms with Crippen LogP contribution in [0.3, 0.4) is 0 Å². The van der Waals surface area contributed by atoms with Crippen LogP contribution in [-0.2, 0) is 6.18 Å². The minimum atomic E-state index is -4.48. The number of pyridine rings is 1.